The molecule has 1 aromatic carbocycles. The topological polar surface area (TPSA) is 70.6 Å². The molecule has 0 fully saturated rings. The number of amides is 2. The predicted octanol–water partition coefficient (Wildman–Crippen LogP) is 1.88. The Hall–Kier alpha value is -2.03. The van der Waals surface area contributed by atoms with E-state index in [2.05, 4.69) is 15.4 Å². The van der Waals surface area contributed by atoms with Crippen LogP contribution >= 0.6 is 0 Å². The zero-order valence-electron chi connectivity index (χ0n) is 10.1. The van der Waals surface area contributed by atoms with E-state index in [9.17, 15) is 22.4 Å². The molecule has 5 nitrogen and oxygen atoms in total. The normalized spacial score (nSPS) is 11.1. The summed E-state index contributed by atoms with van der Waals surface area (Å²) >= 11 is 0. The minimum Gasteiger partial charge on any atom is -0.482 e. The van der Waals surface area contributed by atoms with E-state index in [1.54, 1.807) is 0 Å². The lowest BCUT2D eigenvalue weighted by Crippen LogP contribution is -2.31. The van der Waals surface area contributed by atoms with Crippen LogP contribution < -0.4 is 15.4 Å². The molecular formula is C11H12F4N2O3. The Morgan fingerprint density at radius 2 is 2.05 bits per heavy atom. The maximum atomic E-state index is 13.0. The number of ether oxygens (including phenoxy) is 1. The van der Waals surface area contributed by atoms with Crippen LogP contribution in [0.3, 0.4) is 0 Å². The minimum atomic E-state index is -4.55. The zero-order chi connectivity index (χ0) is 15.2. The number of carbonyl (C=O) groups excluding carboxylic acids is 1. The molecule has 0 unspecified atom stereocenters. The van der Waals surface area contributed by atoms with Crippen LogP contribution in [0.4, 0.5) is 28.0 Å². The molecule has 0 aliphatic heterocycles. The number of benzene rings is 1. The number of alkyl halides is 3. The largest absolute Gasteiger partial charge is 0.482 e. The van der Waals surface area contributed by atoms with Crippen LogP contribution in [0.2, 0.25) is 0 Å². The van der Waals surface area contributed by atoms with Crippen LogP contribution in [0.1, 0.15) is 0 Å². The molecule has 0 saturated carbocycles. The Labute approximate surface area is 111 Å². The van der Waals surface area contributed by atoms with Gasteiger partial charge in [0.1, 0.15) is 11.6 Å². The second kappa shape index (κ2) is 6.94. The lowest BCUT2D eigenvalue weighted by molar-refractivity contribution is -0.153. The monoisotopic (exact) mass is 296 g/mol. The molecule has 3 N–H and O–H groups in total. The zero-order valence-corrected chi connectivity index (χ0v) is 10.1. The Morgan fingerprint density at radius 1 is 1.35 bits per heavy atom. The van der Waals surface area contributed by atoms with Gasteiger partial charge >= 0.3 is 12.2 Å². The summed E-state index contributed by atoms with van der Waals surface area (Å²) in [5.41, 5.74) is -0.246. The summed E-state index contributed by atoms with van der Waals surface area (Å²) in [6.07, 6.45) is -4.55. The van der Waals surface area contributed by atoms with Crippen LogP contribution in [0, 0.1) is 5.82 Å². The Morgan fingerprint density at radius 3 is 2.65 bits per heavy atom. The third kappa shape index (κ3) is 5.74. The van der Waals surface area contributed by atoms with E-state index in [-0.39, 0.29) is 24.6 Å². The third-order valence-electron chi connectivity index (χ3n) is 1.98. The molecule has 0 bridgehead atoms. The number of carbonyl (C=O) groups is 1. The van der Waals surface area contributed by atoms with Crippen molar-refractivity contribution in [3.05, 3.63) is 24.0 Å². The summed E-state index contributed by atoms with van der Waals surface area (Å²) in [4.78, 5) is 11.3. The highest BCUT2D eigenvalue weighted by Crippen LogP contribution is 2.27. The standard InChI is InChI=1S/C11H12F4N2O3/c12-7-1-2-9(20-6-11(13,14)15)8(5-7)17-10(19)16-3-4-18/h1-2,5,18H,3-4,6H2,(H2,16,17,19). The average molecular weight is 296 g/mol. The first-order valence-electron chi connectivity index (χ1n) is 5.46. The van der Waals surface area contributed by atoms with E-state index in [4.69, 9.17) is 5.11 Å². The molecule has 0 atom stereocenters. The van der Waals surface area contributed by atoms with Gasteiger partial charge in [0.05, 0.1) is 12.3 Å². The number of urea groups is 1. The van der Waals surface area contributed by atoms with E-state index in [0.29, 0.717) is 0 Å². The van der Waals surface area contributed by atoms with Crippen molar-refractivity contribution >= 4 is 11.7 Å². The first-order valence-corrected chi connectivity index (χ1v) is 5.46. The fourth-order valence-electron chi connectivity index (χ4n) is 1.22. The molecule has 0 radical (unpaired) electrons. The van der Waals surface area contributed by atoms with Gasteiger partial charge in [-0.25, -0.2) is 9.18 Å². The van der Waals surface area contributed by atoms with E-state index >= 15 is 0 Å². The van der Waals surface area contributed by atoms with Crippen molar-refractivity contribution in [3.63, 3.8) is 0 Å². The van der Waals surface area contributed by atoms with Gasteiger partial charge in [-0.05, 0) is 12.1 Å². The molecule has 20 heavy (non-hydrogen) atoms. The van der Waals surface area contributed by atoms with Crippen LogP contribution in [0.25, 0.3) is 0 Å². The summed E-state index contributed by atoms with van der Waals surface area (Å²) in [6, 6.07) is 1.90. The summed E-state index contributed by atoms with van der Waals surface area (Å²) < 4.78 is 53.7. The quantitative estimate of drug-likeness (QED) is 0.727. The summed E-state index contributed by atoms with van der Waals surface area (Å²) in [5.74, 6) is -1.07. The summed E-state index contributed by atoms with van der Waals surface area (Å²) in [7, 11) is 0. The molecular weight excluding hydrogens is 284 g/mol. The maximum Gasteiger partial charge on any atom is 0.422 e. The van der Waals surface area contributed by atoms with Gasteiger partial charge < -0.3 is 20.5 Å². The van der Waals surface area contributed by atoms with E-state index in [1.165, 1.54) is 0 Å². The molecule has 0 spiro atoms. The SMILES string of the molecule is O=C(NCCO)Nc1cc(F)ccc1OCC(F)(F)F. The molecule has 1 aromatic rings. The number of nitrogens with one attached hydrogen (secondary N) is 2. The molecule has 0 heterocycles. The van der Waals surface area contributed by atoms with Crippen LogP contribution in [-0.4, -0.2) is 37.1 Å². The Kier molecular flexibility index (Phi) is 5.56. The highest BCUT2D eigenvalue weighted by Gasteiger charge is 2.29. The van der Waals surface area contributed by atoms with Crippen molar-refractivity contribution in [2.45, 2.75) is 6.18 Å². The molecule has 0 aliphatic carbocycles. The van der Waals surface area contributed by atoms with Gasteiger partial charge in [-0.3, -0.25) is 0 Å². The van der Waals surface area contributed by atoms with Gasteiger partial charge in [0.2, 0.25) is 0 Å². The Bertz CT molecular complexity index is 465. The van der Waals surface area contributed by atoms with Gasteiger partial charge in [-0.15, -0.1) is 0 Å². The molecule has 1 rings (SSSR count). The van der Waals surface area contributed by atoms with Crippen molar-refractivity contribution in [2.75, 3.05) is 25.1 Å². The van der Waals surface area contributed by atoms with Crippen molar-refractivity contribution < 1.29 is 32.2 Å². The number of aliphatic hydroxyl groups is 1. The van der Waals surface area contributed by atoms with Gasteiger partial charge in [0.15, 0.2) is 6.61 Å². The molecule has 2 amide bonds. The van der Waals surface area contributed by atoms with E-state index in [0.717, 1.165) is 18.2 Å². The summed E-state index contributed by atoms with van der Waals surface area (Å²) in [6.45, 7) is -1.93. The minimum absolute atomic E-state index is 0.0557. The van der Waals surface area contributed by atoms with Crippen molar-refractivity contribution in [2.24, 2.45) is 0 Å². The maximum absolute atomic E-state index is 13.0. The predicted molar refractivity (Wildman–Crippen MR) is 62.1 cm³/mol. The summed E-state index contributed by atoms with van der Waals surface area (Å²) in [5, 5.41) is 12.8. The average Bonchev–Trinajstić information content (AvgIpc) is 2.34. The fraction of sp³-hybridized carbons (Fsp3) is 0.364. The number of hydrogen-bond acceptors (Lipinski definition) is 3. The second-order valence-corrected chi connectivity index (χ2v) is 3.65. The van der Waals surface area contributed by atoms with Crippen LogP contribution in [-0.2, 0) is 0 Å². The first-order chi connectivity index (χ1) is 9.31. The molecule has 9 heteroatoms. The van der Waals surface area contributed by atoms with Crippen molar-refractivity contribution in [1.29, 1.82) is 0 Å². The smallest absolute Gasteiger partial charge is 0.422 e. The number of hydrogen-bond donors (Lipinski definition) is 3. The molecule has 0 aliphatic rings. The van der Waals surface area contributed by atoms with Crippen LogP contribution in [0.15, 0.2) is 18.2 Å². The number of halogens is 4. The first kappa shape index (κ1) is 16.0. The lowest BCUT2D eigenvalue weighted by Gasteiger charge is -2.14. The van der Waals surface area contributed by atoms with Gasteiger partial charge in [-0.2, -0.15) is 13.2 Å². The lowest BCUT2D eigenvalue weighted by atomic mass is 10.3. The Balaban J connectivity index is 2.77. The molecule has 112 valence electrons. The van der Waals surface area contributed by atoms with E-state index < -0.39 is 24.6 Å². The fourth-order valence-corrected chi connectivity index (χ4v) is 1.22. The number of aliphatic hydroxyl groups excluding tert-OH is 1. The van der Waals surface area contributed by atoms with Gasteiger partial charge in [0.25, 0.3) is 0 Å². The van der Waals surface area contributed by atoms with Gasteiger partial charge in [0, 0.05) is 12.6 Å². The number of rotatable bonds is 5. The highest BCUT2D eigenvalue weighted by molar-refractivity contribution is 5.90. The van der Waals surface area contributed by atoms with Crippen molar-refractivity contribution in [1.82, 2.24) is 5.32 Å². The molecule has 0 aromatic heterocycles. The van der Waals surface area contributed by atoms with Crippen molar-refractivity contribution in [3.8, 4) is 5.75 Å². The van der Waals surface area contributed by atoms with Gasteiger partial charge in [-0.1, -0.05) is 0 Å². The highest BCUT2D eigenvalue weighted by atomic mass is 19.4. The van der Waals surface area contributed by atoms with Crippen LogP contribution in [0.5, 0.6) is 5.75 Å². The van der Waals surface area contributed by atoms with E-state index in [1.807, 2.05) is 0 Å². The second-order valence-electron chi connectivity index (χ2n) is 3.65. The third-order valence-corrected chi connectivity index (χ3v) is 1.98. The number of anilines is 1. The molecule has 0 saturated heterocycles.